The first kappa shape index (κ1) is 15.1. The van der Waals surface area contributed by atoms with Crippen molar-refractivity contribution in [1.82, 2.24) is 10.3 Å². The number of nitrogens with zero attached hydrogens (tertiary/aromatic N) is 1. The summed E-state index contributed by atoms with van der Waals surface area (Å²) in [4.78, 5) is 16.4. The normalized spacial score (nSPS) is 11.0. The first-order chi connectivity index (χ1) is 10.8. The van der Waals surface area contributed by atoms with Crippen LogP contribution in [0.5, 0.6) is 0 Å². The lowest BCUT2D eigenvalue weighted by Gasteiger charge is -2.03. The SMILES string of the molecule is NCCc1nc(C(=O)NCCc2csc3ccccc23)cs1. The monoisotopic (exact) mass is 331 g/mol. The van der Waals surface area contributed by atoms with Gasteiger partial charge in [0, 0.05) is 23.0 Å². The molecule has 0 aliphatic carbocycles. The van der Waals surface area contributed by atoms with Crippen molar-refractivity contribution in [3.63, 3.8) is 0 Å². The van der Waals surface area contributed by atoms with Gasteiger partial charge in [-0.25, -0.2) is 4.98 Å². The standard InChI is InChI=1S/C16H17N3OS2/c17-7-5-15-19-13(10-22-15)16(20)18-8-6-11-9-21-14-4-2-1-3-12(11)14/h1-4,9-10H,5-8,17H2,(H,18,20). The minimum absolute atomic E-state index is 0.112. The molecule has 1 amide bonds. The number of aromatic nitrogens is 1. The summed E-state index contributed by atoms with van der Waals surface area (Å²) in [6.45, 7) is 1.17. The lowest BCUT2D eigenvalue weighted by molar-refractivity contribution is 0.0949. The van der Waals surface area contributed by atoms with Crippen LogP contribution in [-0.2, 0) is 12.8 Å². The van der Waals surface area contributed by atoms with Crippen LogP contribution in [0, 0.1) is 0 Å². The van der Waals surface area contributed by atoms with Crippen molar-refractivity contribution in [2.45, 2.75) is 12.8 Å². The first-order valence-electron chi connectivity index (χ1n) is 7.15. The molecule has 2 aromatic heterocycles. The Balaban J connectivity index is 1.57. The Kier molecular flexibility index (Phi) is 4.82. The molecule has 0 bridgehead atoms. The second kappa shape index (κ2) is 7.00. The molecule has 3 aromatic rings. The molecule has 0 saturated heterocycles. The summed E-state index contributed by atoms with van der Waals surface area (Å²) >= 11 is 3.23. The number of hydrogen-bond donors (Lipinski definition) is 2. The molecular formula is C16H17N3OS2. The molecule has 0 spiro atoms. The average Bonchev–Trinajstić information content (AvgIpc) is 3.15. The summed E-state index contributed by atoms with van der Waals surface area (Å²) in [5.41, 5.74) is 7.26. The van der Waals surface area contributed by atoms with Crippen molar-refractivity contribution < 1.29 is 4.79 Å². The third kappa shape index (κ3) is 3.35. The fraction of sp³-hybridized carbons (Fsp3) is 0.250. The Morgan fingerprint density at radius 2 is 2.05 bits per heavy atom. The van der Waals surface area contributed by atoms with Gasteiger partial charge in [-0.3, -0.25) is 4.79 Å². The van der Waals surface area contributed by atoms with Gasteiger partial charge in [-0.2, -0.15) is 0 Å². The summed E-state index contributed by atoms with van der Waals surface area (Å²) in [6, 6.07) is 8.34. The highest BCUT2D eigenvalue weighted by Crippen LogP contribution is 2.25. The molecule has 3 N–H and O–H groups in total. The van der Waals surface area contributed by atoms with Gasteiger partial charge < -0.3 is 11.1 Å². The quantitative estimate of drug-likeness (QED) is 0.730. The second-order valence-corrected chi connectivity index (χ2v) is 6.78. The molecule has 4 nitrogen and oxygen atoms in total. The number of fused-ring (bicyclic) bond motifs is 1. The Labute approximate surface area is 137 Å². The number of rotatable bonds is 6. The second-order valence-electron chi connectivity index (χ2n) is 4.93. The molecule has 0 atom stereocenters. The summed E-state index contributed by atoms with van der Waals surface area (Å²) in [6.07, 6.45) is 1.55. The summed E-state index contributed by atoms with van der Waals surface area (Å²) < 4.78 is 1.29. The predicted molar refractivity (Wildman–Crippen MR) is 92.7 cm³/mol. The van der Waals surface area contributed by atoms with Crippen LogP contribution in [0.3, 0.4) is 0 Å². The van der Waals surface area contributed by atoms with Crippen molar-refractivity contribution >= 4 is 38.7 Å². The highest BCUT2D eigenvalue weighted by molar-refractivity contribution is 7.17. The number of benzene rings is 1. The zero-order chi connectivity index (χ0) is 15.4. The largest absolute Gasteiger partial charge is 0.350 e. The van der Waals surface area contributed by atoms with E-state index in [4.69, 9.17) is 5.73 Å². The molecule has 114 valence electrons. The van der Waals surface area contributed by atoms with Gasteiger partial charge in [0.1, 0.15) is 5.69 Å². The van der Waals surface area contributed by atoms with E-state index in [0.717, 1.165) is 17.8 Å². The number of nitrogens with one attached hydrogen (secondary N) is 1. The van der Waals surface area contributed by atoms with E-state index in [-0.39, 0.29) is 5.91 Å². The number of carbonyl (C=O) groups excluding carboxylic acids is 1. The molecule has 0 fully saturated rings. The third-order valence-electron chi connectivity index (χ3n) is 3.38. The molecule has 0 aliphatic rings. The van der Waals surface area contributed by atoms with E-state index in [1.165, 1.54) is 27.0 Å². The van der Waals surface area contributed by atoms with E-state index >= 15 is 0 Å². The summed E-state index contributed by atoms with van der Waals surface area (Å²) in [5.74, 6) is -0.112. The minimum Gasteiger partial charge on any atom is -0.350 e. The summed E-state index contributed by atoms with van der Waals surface area (Å²) in [7, 11) is 0. The van der Waals surface area contributed by atoms with Crippen molar-refractivity contribution in [2.75, 3.05) is 13.1 Å². The van der Waals surface area contributed by atoms with Crippen molar-refractivity contribution in [2.24, 2.45) is 5.73 Å². The van der Waals surface area contributed by atoms with Gasteiger partial charge in [0.25, 0.3) is 5.91 Å². The van der Waals surface area contributed by atoms with Gasteiger partial charge in [-0.05, 0) is 35.4 Å². The highest BCUT2D eigenvalue weighted by Gasteiger charge is 2.10. The Hall–Kier alpha value is -1.76. The van der Waals surface area contributed by atoms with Gasteiger partial charge in [0.2, 0.25) is 0 Å². The van der Waals surface area contributed by atoms with Gasteiger partial charge in [-0.1, -0.05) is 18.2 Å². The van der Waals surface area contributed by atoms with E-state index in [9.17, 15) is 4.79 Å². The van der Waals surface area contributed by atoms with Gasteiger partial charge in [0.15, 0.2) is 0 Å². The van der Waals surface area contributed by atoms with Gasteiger partial charge >= 0.3 is 0 Å². The maximum Gasteiger partial charge on any atom is 0.270 e. The van der Waals surface area contributed by atoms with E-state index in [1.807, 2.05) is 12.1 Å². The maximum absolute atomic E-state index is 12.1. The van der Waals surface area contributed by atoms with Crippen molar-refractivity contribution in [3.8, 4) is 0 Å². The van der Waals surface area contributed by atoms with Crippen LogP contribution in [0.4, 0.5) is 0 Å². The van der Waals surface area contributed by atoms with Crippen LogP contribution in [0.2, 0.25) is 0 Å². The molecule has 0 unspecified atom stereocenters. The van der Waals surface area contributed by atoms with Gasteiger partial charge in [-0.15, -0.1) is 22.7 Å². The summed E-state index contributed by atoms with van der Waals surface area (Å²) in [5, 5.41) is 9.09. The number of carbonyl (C=O) groups is 1. The molecule has 1 aromatic carbocycles. The van der Waals surface area contributed by atoms with Crippen LogP contribution >= 0.6 is 22.7 Å². The van der Waals surface area contributed by atoms with Crippen LogP contribution in [-0.4, -0.2) is 24.0 Å². The molecule has 22 heavy (non-hydrogen) atoms. The number of hydrogen-bond acceptors (Lipinski definition) is 5. The van der Waals surface area contributed by atoms with Gasteiger partial charge in [0.05, 0.1) is 5.01 Å². The van der Waals surface area contributed by atoms with Crippen LogP contribution in [0.15, 0.2) is 35.0 Å². The van der Waals surface area contributed by atoms with Crippen LogP contribution in [0.25, 0.3) is 10.1 Å². The average molecular weight is 331 g/mol. The van der Waals surface area contributed by atoms with Crippen molar-refractivity contribution in [1.29, 1.82) is 0 Å². The molecule has 6 heteroatoms. The predicted octanol–water partition coefficient (Wildman–Crippen LogP) is 2.83. The molecular weight excluding hydrogens is 314 g/mol. The molecule has 0 radical (unpaired) electrons. The maximum atomic E-state index is 12.1. The molecule has 0 saturated carbocycles. The first-order valence-corrected chi connectivity index (χ1v) is 8.91. The minimum atomic E-state index is -0.112. The lowest BCUT2D eigenvalue weighted by Crippen LogP contribution is -2.26. The highest BCUT2D eigenvalue weighted by atomic mass is 32.1. The van der Waals surface area contributed by atoms with Crippen LogP contribution in [0.1, 0.15) is 21.1 Å². The fourth-order valence-corrected chi connectivity index (χ4v) is 4.07. The zero-order valence-electron chi connectivity index (χ0n) is 12.0. The van der Waals surface area contributed by atoms with Crippen LogP contribution < -0.4 is 11.1 Å². The number of amides is 1. The topological polar surface area (TPSA) is 68.0 Å². The smallest absolute Gasteiger partial charge is 0.270 e. The van der Waals surface area contributed by atoms with E-state index < -0.39 is 0 Å². The Morgan fingerprint density at radius 1 is 1.18 bits per heavy atom. The fourth-order valence-electron chi connectivity index (χ4n) is 2.28. The molecule has 0 aliphatic heterocycles. The lowest BCUT2D eigenvalue weighted by atomic mass is 10.1. The molecule has 2 heterocycles. The Bertz CT molecular complexity index is 778. The van der Waals surface area contributed by atoms with E-state index in [1.54, 1.807) is 16.7 Å². The Morgan fingerprint density at radius 3 is 2.91 bits per heavy atom. The molecule has 3 rings (SSSR count). The van der Waals surface area contributed by atoms with E-state index in [0.29, 0.717) is 18.8 Å². The van der Waals surface area contributed by atoms with E-state index in [2.05, 4.69) is 27.8 Å². The third-order valence-corrected chi connectivity index (χ3v) is 5.30. The number of nitrogens with two attached hydrogens (primary N) is 1. The van der Waals surface area contributed by atoms with Crippen molar-refractivity contribution in [3.05, 3.63) is 51.3 Å². The zero-order valence-corrected chi connectivity index (χ0v) is 13.7. The number of thiophene rings is 1. The number of thiazole rings is 1.